The minimum Gasteiger partial charge on any atom is -0.453 e. The number of carbonyl (C=O) groups excluding carboxylic acids is 1. The molecule has 0 aliphatic rings. The number of nitrogens with zero attached hydrogens (tertiary/aromatic N) is 1. The smallest absolute Gasteiger partial charge is 0.221 e. The Balaban J connectivity index is 1.62. The number of carbonyl (C=O) groups is 1. The van der Waals surface area contributed by atoms with E-state index in [4.69, 9.17) is 4.42 Å². The monoisotopic (exact) mass is 299 g/mol. The molecule has 0 radical (unpaired) electrons. The van der Waals surface area contributed by atoms with Crippen LogP contribution in [0.15, 0.2) is 77.4 Å². The third-order valence-electron chi connectivity index (χ3n) is 3.72. The Morgan fingerprint density at radius 3 is 2.74 bits per heavy atom. The highest BCUT2D eigenvalue weighted by atomic mass is 16.3. The lowest BCUT2D eigenvalue weighted by molar-refractivity contribution is 0.102. The van der Waals surface area contributed by atoms with E-state index < -0.39 is 0 Å². The lowest BCUT2D eigenvalue weighted by atomic mass is 10.1. The zero-order valence-electron chi connectivity index (χ0n) is 12.3. The maximum Gasteiger partial charge on any atom is 0.221 e. The average Bonchev–Trinajstić information content (AvgIpc) is 3.04. The van der Waals surface area contributed by atoms with E-state index in [0.717, 1.165) is 27.4 Å². The maximum atomic E-state index is 12.3. The molecule has 0 aliphatic carbocycles. The minimum absolute atomic E-state index is 0.146. The van der Waals surface area contributed by atoms with Crippen molar-refractivity contribution in [2.75, 3.05) is 0 Å². The first-order valence-electron chi connectivity index (χ1n) is 7.35. The van der Waals surface area contributed by atoms with Gasteiger partial charge in [0, 0.05) is 17.0 Å². The number of aromatic nitrogens is 1. The fourth-order valence-corrected chi connectivity index (χ4v) is 2.56. The number of fused-ring (bicyclic) bond motifs is 2. The van der Waals surface area contributed by atoms with E-state index >= 15 is 0 Å². The van der Waals surface area contributed by atoms with Crippen molar-refractivity contribution in [1.29, 1.82) is 0 Å². The van der Waals surface area contributed by atoms with Crippen LogP contribution < -0.4 is 0 Å². The summed E-state index contributed by atoms with van der Waals surface area (Å²) in [5.74, 6) is 0.206. The predicted molar refractivity (Wildman–Crippen MR) is 91.3 cm³/mol. The van der Waals surface area contributed by atoms with Gasteiger partial charge < -0.3 is 4.42 Å². The van der Waals surface area contributed by atoms with E-state index in [-0.39, 0.29) is 5.78 Å². The Morgan fingerprint density at radius 1 is 0.957 bits per heavy atom. The molecule has 4 aromatic rings. The average molecular weight is 299 g/mol. The van der Waals surface area contributed by atoms with Crippen LogP contribution in [0.3, 0.4) is 0 Å². The molecule has 0 fully saturated rings. The van der Waals surface area contributed by atoms with Crippen LogP contribution in [-0.2, 0) is 0 Å². The van der Waals surface area contributed by atoms with Crippen LogP contribution in [0.4, 0.5) is 0 Å². The summed E-state index contributed by atoms with van der Waals surface area (Å²) in [6.45, 7) is 0. The van der Waals surface area contributed by atoms with Gasteiger partial charge in [-0.2, -0.15) is 0 Å². The van der Waals surface area contributed by atoms with Crippen molar-refractivity contribution in [2.24, 2.45) is 0 Å². The van der Waals surface area contributed by atoms with Gasteiger partial charge in [0.1, 0.15) is 5.58 Å². The fourth-order valence-electron chi connectivity index (χ4n) is 2.56. The van der Waals surface area contributed by atoms with Crippen molar-refractivity contribution in [1.82, 2.24) is 4.98 Å². The van der Waals surface area contributed by atoms with E-state index in [0.29, 0.717) is 5.76 Å². The van der Waals surface area contributed by atoms with Crippen LogP contribution >= 0.6 is 0 Å². The van der Waals surface area contributed by atoms with Gasteiger partial charge in [-0.3, -0.25) is 9.78 Å². The number of rotatable bonds is 3. The molecule has 0 saturated carbocycles. The Hall–Kier alpha value is -3.20. The van der Waals surface area contributed by atoms with E-state index in [1.165, 1.54) is 6.08 Å². The first-order chi connectivity index (χ1) is 11.3. The molecule has 23 heavy (non-hydrogen) atoms. The molecule has 2 heterocycles. The number of furan rings is 1. The predicted octanol–water partition coefficient (Wildman–Crippen LogP) is 4.88. The number of allylic oxidation sites excluding steroid dienone is 1. The van der Waals surface area contributed by atoms with Crippen molar-refractivity contribution >= 4 is 33.7 Å². The lowest BCUT2D eigenvalue weighted by Gasteiger charge is -1.98. The molecular formula is C20H13NO2. The molecule has 3 heteroatoms. The van der Waals surface area contributed by atoms with Crippen molar-refractivity contribution in [3.05, 3.63) is 84.3 Å². The molecule has 0 aliphatic heterocycles. The number of ketones is 1. The van der Waals surface area contributed by atoms with Gasteiger partial charge in [-0.15, -0.1) is 0 Å². The van der Waals surface area contributed by atoms with Crippen LogP contribution in [0.1, 0.15) is 16.1 Å². The van der Waals surface area contributed by atoms with Crippen LogP contribution in [0.2, 0.25) is 0 Å². The third kappa shape index (κ3) is 2.64. The minimum atomic E-state index is -0.146. The van der Waals surface area contributed by atoms with Crippen LogP contribution in [-0.4, -0.2) is 10.8 Å². The highest BCUT2D eigenvalue weighted by Crippen LogP contribution is 2.20. The van der Waals surface area contributed by atoms with Crippen molar-refractivity contribution < 1.29 is 9.21 Å². The van der Waals surface area contributed by atoms with Gasteiger partial charge in [-0.25, -0.2) is 0 Å². The summed E-state index contributed by atoms with van der Waals surface area (Å²) in [5.41, 5.74) is 2.62. The molecule has 0 N–H and O–H groups in total. The van der Waals surface area contributed by atoms with Crippen LogP contribution in [0.25, 0.3) is 27.9 Å². The number of hydrogen-bond donors (Lipinski definition) is 0. The van der Waals surface area contributed by atoms with E-state index in [1.807, 2.05) is 54.6 Å². The summed E-state index contributed by atoms with van der Waals surface area (Å²) >= 11 is 0. The molecule has 4 rings (SSSR count). The van der Waals surface area contributed by atoms with Crippen molar-refractivity contribution in [2.45, 2.75) is 0 Å². The van der Waals surface area contributed by atoms with Gasteiger partial charge in [0.2, 0.25) is 5.78 Å². The Morgan fingerprint density at radius 2 is 1.83 bits per heavy atom. The topological polar surface area (TPSA) is 43.1 Å². The summed E-state index contributed by atoms with van der Waals surface area (Å²) in [4.78, 5) is 16.5. The molecule has 2 aromatic carbocycles. The molecule has 0 bridgehead atoms. The van der Waals surface area contributed by atoms with E-state index in [1.54, 1.807) is 18.3 Å². The standard InChI is InChI=1S/C20H13NO2/c22-18(20-13-16-4-1-2-6-19(16)23-20)10-8-14-7-9-17-15(12-14)5-3-11-21-17/h1-13H/b10-8+. The number of hydrogen-bond acceptors (Lipinski definition) is 3. The Kier molecular flexibility index (Phi) is 3.24. The molecule has 0 atom stereocenters. The number of para-hydroxylation sites is 1. The summed E-state index contributed by atoms with van der Waals surface area (Å²) in [6.07, 6.45) is 5.10. The number of benzene rings is 2. The van der Waals surface area contributed by atoms with Crippen LogP contribution in [0, 0.1) is 0 Å². The van der Waals surface area contributed by atoms with Crippen LogP contribution in [0.5, 0.6) is 0 Å². The van der Waals surface area contributed by atoms with Gasteiger partial charge in [-0.05, 0) is 42.0 Å². The number of pyridine rings is 1. The Bertz CT molecular complexity index is 1010. The summed E-state index contributed by atoms with van der Waals surface area (Å²) in [6, 6.07) is 19.2. The summed E-state index contributed by atoms with van der Waals surface area (Å²) in [7, 11) is 0. The second kappa shape index (κ2) is 5.54. The first kappa shape index (κ1) is 13.5. The Labute approximate surface area is 132 Å². The summed E-state index contributed by atoms with van der Waals surface area (Å²) in [5, 5.41) is 1.98. The van der Waals surface area contributed by atoms with Gasteiger partial charge in [0.15, 0.2) is 5.76 Å². The van der Waals surface area contributed by atoms with Crippen molar-refractivity contribution in [3.63, 3.8) is 0 Å². The molecule has 0 amide bonds. The van der Waals surface area contributed by atoms with Crippen molar-refractivity contribution in [3.8, 4) is 0 Å². The van der Waals surface area contributed by atoms with Gasteiger partial charge in [-0.1, -0.05) is 36.4 Å². The molecule has 0 unspecified atom stereocenters. The lowest BCUT2D eigenvalue weighted by Crippen LogP contribution is -1.90. The molecule has 0 saturated heterocycles. The SMILES string of the molecule is O=C(/C=C/c1ccc2ncccc2c1)c1cc2ccccc2o1. The highest BCUT2D eigenvalue weighted by molar-refractivity contribution is 6.07. The second-order valence-electron chi connectivity index (χ2n) is 5.30. The second-order valence-corrected chi connectivity index (χ2v) is 5.30. The fraction of sp³-hybridized carbons (Fsp3) is 0. The van der Waals surface area contributed by atoms with Gasteiger partial charge in [0.25, 0.3) is 0 Å². The molecule has 110 valence electrons. The highest BCUT2D eigenvalue weighted by Gasteiger charge is 2.08. The largest absolute Gasteiger partial charge is 0.453 e. The molecule has 2 aromatic heterocycles. The molecule has 3 nitrogen and oxygen atoms in total. The third-order valence-corrected chi connectivity index (χ3v) is 3.72. The zero-order chi connectivity index (χ0) is 15.6. The van der Waals surface area contributed by atoms with E-state index in [9.17, 15) is 4.79 Å². The summed E-state index contributed by atoms with van der Waals surface area (Å²) < 4.78 is 5.58. The quantitative estimate of drug-likeness (QED) is 0.400. The first-order valence-corrected chi connectivity index (χ1v) is 7.35. The maximum absolute atomic E-state index is 12.3. The normalized spacial score (nSPS) is 11.5. The van der Waals surface area contributed by atoms with Gasteiger partial charge in [0.05, 0.1) is 5.52 Å². The van der Waals surface area contributed by atoms with E-state index in [2.05, 4.69) is 4.98 Å². The zero-order valence-corrected chi connectivity index (χ0v) is 12.3. The molecular weight excluding hydrogens is 286 g/mol. The molecule has 0 spiro atoms. The van der Waals surface area contributed by atoms with Gasteiger partial charge >= 0.3 is 0 Å².